The lowest BCUT2D eigenvalue weighted by atomic mass is 9.84. The number of nitrogens with two attached hydrogens (primary N) is 1. The Morgan fingerprint density at radius 1 is 1.35 bits per heavy atom. The fraction of sp³-hybridized carbons (Fsp3) is 0.357. The number of aromatic nitrogens is 1. The van der Waals surface area contributed by atoms with Crippen molar-refractivity contribution >= 4 is 16.7 Å². The van der Waals surface area contributed by atoms with Gasteiger partial charge in [-0.05, 0) is 6.07 Å². The number of Topliss-reactive ketones (excluding diaryl/α,β-unsaturated/α-hetero) is 1. The van der Waals surface area contributed by atoms with Gasteiger partial charge >= 0.3 is 0 Å². The zero-order chi connectivity index (χ0) is 12.6. The van der Waals surface area contributed by atoms with E-state index in [9.17, 15) is 4.79 Å². The van der Waals surface area contributed by atoms with Gasteiger partial charge in [0.15, 0.2) is 5.78 Å². The molecular weight excluding hydrogens is 212 g/mol. The normalized spacial score (nSPS) is 12.0. The predicted molar refractivity (Wildman–Crippen MR) is 70.1 cm³/mol. The fourth-order valence-corrected chi connectivity index (χ4v) is 1.98. The second kappa shape index (κ2) is 4.00. The van der Waals surface area contributed by atoms with E-state index >= 15 is 0 Å². The standard InChI is InChI=1S/C14H18N2O/c1-14(2,9-15)13(17)11-8-16(3)12-7-5-4-6-10(11)12/h4-8H,9,15H2,1-3H3. The van der Waals surface area contributed by atoms with Crippen molar-refractivity contribution in [2.75, 3.05) is 6.54 Å². The van der Waals surface area contributed by atoms with E-state index in [1.807, 2.05) is 55.9 Å². The van der Waals surface area contributed by atoms with Gasteiger partial charge in [0, 0.05) is 41.7 Å². The second-order valence-electron chi connectivity index (χ2n) is 5.09. The maximum Gasteiger partial charge on any atom is 0.171 e. The average molecular weight is 230 g/mol. The molecule has 0 unspecified atom stereocenters. The van der Waals surface area contributed by atoms with Gasteiger partial charge in [-0.3, -0.25) is 4.79 Å². The summed E-state index contributed by atoms with van der Waals surface area (Å²) < 4.78 is 1.98. The molecule has 2 rings (SSSR count). The van der Waals surface area contributed by atoms with Crippen LogP contribution in [-0.4, -0.2) is 16.9 Å². The third kappa shape index (κ3) is 1.87. The fourth-order valence-electron chi connectivity index (χ4n) is 1.98. The number of hydrogen-bond acceptors (Lipinski definition) is 2. The molecular formula is C14H18N2O. The van der Waals surface area contributed by atoms with E-state index in [2.05, 4.69) is 0 Å². The molecule has 0 amide bonds. The van der Waals surface area contributed by atoms with Crippen LogP contribution in [0.2, 0.25) is 0 Å². The maximum absolute atomic E-state index is 12.4. The Kier molecular flexibility index (Phi) is 2.79. The van der Waals surface area contributed by atoms with Crippen molar-refractivity contribution in [1.29, 1.82) is 0 Å². The highest BCUT2D eigenvalue weighted by Gasteiger charge is 2.29. The second-order valence-corrected chi connectivity index (χ2v) is 5.09. The zero-order valence-corrected chi connectivity index (χ0v) is 10.5. The number of ketones is 1. The van der Waals surface area contributed by atoms with Crippen molar-refractivity contribution in [3.63, 3.8) is 0 Å². The Balaban J connectivity index is 2.61. The van der Waals surface area contributed by atoms with E-state index in [0.29, 0.717) is 6.54 Å². The SMILES string of the molecule is Cn1cc(C(=O)C(C)(C)CN)c2ccccc21. The maximum atomic E-state index is 12.4. The van der Waals surface area contributed by atoms with Gasteiger partial charge in [-0.1, -0.05) is 32.0 Å². The first-order valence-corrected chi connectivity index (χ1v) is 5.76. The molecule has 0 spiro atoms. The lowest BCUT2D eigenvalue weighted by Gasteiger charge is -2.19. The Morgan fingerprint density at radius 3 is 2.65 bits per heavy atom. The van der Waals surface area contributed by atoms with Crippen LogP contribution >= 0.6 is 0 Å². The number of hydrogen-bond donors (Lipinski definition) is 1. The molecule has 2 aromatic rings. The number of nitrogens with zero attached hydrogens (tertiary/aromatic N) is 1. The van der Waals surface area contributed by atoms with Crippen LogP contribution in [0.3, 0.4) is 0 Å². The molecule has 2 N–H and O–H groups in total. The molecule has 0 bridgehead atoms. The summed E-state index contributed by atoms with van der Waals surface area (Å²) in [4.78, 5) is 12.4. The van der Waals surface area contributed by atoms with Crippen LogP contribution in [-0.2, 0) is 7.05 Å². The number of carbonyl (C=O) groups is 1. The number of carbonyl (C=O) groups excluding carboxylic acids is 1. The number of rotatable bonds is 3. The minimum absolute atomic E-state index is 0.108. The van der Waals surface area contributed by atoms with E-state index in [-0.39, 0.29) is 5.78 Å². The third-order valence-electron chi connectivity index (χ3n) is 3.27. The topological polar surface area (TPSA) is 48.0 Å². The minimum atomic E-state index is -0.510. The number of aryl methyl sites for hydroxylation is 1. The first-order valence-electron chi connectivity index (χ1n) is 5.76. The van der Waals surface area contributed by atoms with Gasteiger partial charge in [0.1, 0.15) is 0 Å². The summed E-state index contributed by atoms with van der Waals surface area (Å²) in [6, 6.07) is 7.93. The molecule has 0 aliphatic rings. The molecule has 17 heavy (non-hydrogen) atoms. The Hall–Kier alpha value is -1.61. The molecule has 0 saturated carbocycles. The minimum Gasteiger partial charge on any atom is -0.350 e. The van der Waals surface area contributed by atoms with Crippen molar-refractivity contribution in [1.82, 2.24) is 4.57 Å². The van der Waals surface area contributed by atoms with Crippen molar-refractivity contribution in [2.45, 2.75) is 13.8 Å². The highest BCUT2D eigenvalue weighted by atomic mass is 16.1. The van der Waals surface area contributed by atoms with Crippen LogP contribution < -0.4 is 5.73 Å². The number of fused-ring (bicyclic) bond motifs is 1. The van der Waals surface area contributed by atoms with Crippen LogP contribution in [0.25, 0.3) is 10.9 Å². The molecule has 3 nitrogen and oxygen atoms in total. The summed E-state index contributed by atoms with van der Waals surface area (Å²) in [6.45, 7) is 4.13. The molecule has 0 fully saturated rings. The van der Waals surface area contributed by atoms with Gasteiger partial charge in [0.25, 0.3) is 0 Å². The van der Waals surface area contributed by atoms with Crippen LogP contribution in [0.4, 0.5) is 0 Å². The summed E-state index contributed by atoms with van der Waals surface area (Å²) in [5.41, 5.74) is 6.99. The van der Waals surface area contributed by atoms with Crippen LogP contribution in [0.5, 0.6) is 0 Å². The van der Waals surface area contributed by atoms with E-state index in [1.54, 1.807) is 0 Å². The highest BCUT2D eigenvalue weighted by molar-refractivity contribution is 6.10. The van der Waals surface area contributed by atoms with Crippen molar-refractivity contribution in [3.05, 3.63) is 36.0 Å². The first kappa shape index (κ1) is 11.9. The van der Waals surface area contributed by atoms with Gasteiger partial charge in [0.2, 0.25) is 0 Å². The smallest absolute Gasteiger partial charge is 0.171 e. The predicted octanol–water partition coefficient (Wildman–Crippen LogP) is 2.35. The average Bonchev–Trinajstić information content (AvgIpc) is 2.66. The van der Waals surface area contributed by atoms with Crippen LogP contribution in [0.15, 0.2) is 30.5 Å². The summed E-state index contributed by atoms with van der Waals surface area (Å²) in [7, 11) is 1.95. The molecule has 0 aliphatic heterocycles. The van der Waals surface area contributed by atoms with E-state index in [4.69, 9.17) is 5.73 Å². The monoisotopic (exact) mass is 230 g/mol. The molecule has 1 aromatic heterocycles. The van der Waals surface area contributed by atoms with Gasteiger partial charge in [0.05, 0.1) is 0 Å². The Morgan fingerprint density at radius 2 is 2.00 bits per heavy atom. The summed E-state index contributed by atoms with van der Waals surface area (Å²) in [5.74, 6) is 0.108. The van der Waals surface area contributed by atoms with Crippen LogP contribution in [0, 0.1) is 5.41 Å². The Bertz CT molecular complexity index is 567. The highest BCUT2D eigenvalue weighted by Crippen LogP contribution is 2.27. The van der Waals surface area contributed by atoms with E-state index in [1.165, 1.54) is 0 Å². The van der Waals surface area contributed by atoms with E-state index in [0.717, 1.165) is 16.5 Å². The largest absolute Gasteiger partial charge is 0.350 e. The molecule has 90 valence electrons. The quantitative estimate of drug-likeness (QED) is 0.823. The molecule has 1 aromatic carbocycles. The van der Waals surface area contributed by atoms with Crippen molar-refractivity contribution in [2.24, 2.45) is 18.2 Å². The zero-order valence-electron chi connectivity index (χ0n) is 10.5. The van der Waals surface area contributed by atoms with Gasteiger partial charge in [-0.2, -0.15) is 0 Å². The third-order valence-corrected chi connectivity index (χ3v) is 3.27. The lowest BCUT2D eigenvalue weighted by molar-refractivity contribution is 0.0849. The number of para-hydroxylation sites is 1. The lowest BCUT2D eigenvalue weighted by Crippen LogP contribution is -2.32. The molecule has 0 aliphatic carbocycles. The van der Waals surface area contributed by atoms with Gasteiger partial charge in [-0.15, -0.1) is 0 Å². The Labute approximate surface area is 101 Å². The van der Waals surface area contributed by atoms with E-state index < -0.39 is 5.41 Å². The van der Waals surface area contributed by atoms with Gasteiger partial charge < -0.3 is 10.3 Å². The molecule has 1 heterocycles. The molecule has 0 saturated heterocycles. The molecule has 0 radical (unpaired) electrons. The van der Waals surface area contributed by atoms with Crippen LogP contribution in [0.1, 0.15) is 24.2 Å². The summed E-state index contributed by atoms with van der Waals surface area (Å²) >= 11 is 0. The van der Waals surface area contributed by atoms with Gasteiger partial charge in [-0.25, -0.2) is 0 Å². The first-order chi connectivity index (χ1) is 7.97. The van der Waals surface area contributed by atoms with Crippen molar-refractivity contribution < 1.29 is 4.79 Å². The molecule has 0 atom stereocenters. The summed E-state index contributed by atoms with van der Waals surface area (Å²) in [5, 5.41) is 1.00. The molecule has 3 heteroatoms. The number of benzene rings is 1. The summed E-state index contributed by atoms with van der Waals surface area (Å²) in [6.07, 6.45) is 1.89. The van der Waals surface area contributed by atoms with Crippen molar-refractivity contribution in [3.8, 4) is 0 Å².